The number of nitrogens with two attached hydrogens (primary N) is 1. The molecule has 3 aromatic rings. The predicted molar refractivity (Wildman–Crippen MR) is 101 cm³/mol. The molecule has 3 heterocycles. The van der Waals surface area contributed by atoms with Gasteiger partial charge in [0, 0.05) is 41.0 Å². The van der Waals surface area contributed by atoms with E-state index in [9.17, 15) is 4.39 Å². The van der Waals surface area contributed by atoms with E-state index in [2.05, 4.69) is 9.97 Å². The quantitative estimate of drug-likeness (QED) is 0.561. The first-order chi connectivity index (χ1) is 12.6. The summed E-state index contributed by atoms with van der Waals surface area (Å²) in [5.41, 5.74) is 10.2. The minimum absolute atomic E-state index is 0.314. The molecule has 0 amide bonds. The van der Waals surface area contributed by atoms with Crippen molar-refractivity contribution in [3.63, 3.8) is 0 Å². The molecule has 2 aromatic heterocycles. The summed E-state index contributed by atoms with van der Waals surface area (Å²) >= 11 is 0. The van der Waals surface area contributed by atoms with Gasteiger partial charge in [0.2, 0.25) is 0 Å². The first-order valence-corrected chi connectivity index (χ1v) is 8.36. The highest BCUT2D eigenvalue weighted by Crippen LogP contribution is 2.27. The van der Waals surface area contributed by atoms with Crippen molar-refractivity contribution in [2.75, 3.05) is 23.7 Å². The SMILES string of the molecule is N=C(c1ccnc(N2CC(F)C2)c1)c1cc(-c2cccnc2)ccc1N. The zero-order valence-corrected chi connectivity index (χ0v) is 14.1. The number of aromatic nitrogens is 2. The first kappa shape index (κ1) is 16.2. The molecule has 6 heteroatoms. The van der Waals surface area contributed by atoms with Crippen LogP contribution in [-0.2, 0) is 0 Å². The van der Waals surface area contributed by atoms with Gasteiger partial charge in [-0.2, -0.15) is 0 Å². The van der Waals surface area contributed by atoms with Gasteiger partial charge in [0.25, 0.3) is 0 Å². The molecule has 0 saturated carbocycles. The average Bonchev–Trinajstić information content (AvgIpc) is 2.66. The molecule has 1 fully saturated rings. The maximum atomic E-state index is 13.1. The summed E-state index contributed by atoms with van der Waals surface area (Å²) in [5.74, 6) is 0.683. The molecule has 1 saturated heterocycles. The van der Waals surface area contributed by atoms with E-state index in [1.807, 2.05) is 35.2 Å². The van der Waals surface area contributed by atoms with Gasteiger partial charge >= 0.3 is 0 Å². The number of benzene rings is 1. The Labute approximate surface area is 150 Å². The number of hydrogen-bond donors (Lipinski definition) is 2. The number of alkyl halides is 1. The van der Waals surface area contributed by atoms with Gasteiger partial charge < -0.3 is 10.6 Å². The van der Waals surface area contributed by atoms with Crippen molar-refractivity contribution in [3.8, 4) is 11.1 Å². The van der Waals surface area contributed by atoms with Gasteiger partial charge in [0.05, 0.1) is 18.8 Å². The normalized spacial score (nSPS) is 14.1. The monoisotopic (exact) mass is 347 g/mol. The average molecular weight is 347 g/mol. The van der Waals surface area contributed by atoms with E-state index in [0.29, 0.717) is 41.4 Å². The third kappa shape index (κ3) is 3.01. The Morgan fingerprint density at radius 1 is 1.12 bits per heavy atom. The summed E-state index contributed by atoms with van der Waals surface area (Å²) in [5, 5.41) is 8.61. The number of rotatable bonds is 4. The fourth-order valence-corrected chi connectivity index (χ4v) is 3.00. The Bertz CT molecular complexity index is 951. The van der Waals surface area contributed by atoms with E-state index in [0.717, 1.165) is 11.1 Å². The van der Waals surface area contributed by atoms with Gasteiger partial charge in [-0.1, -0.05) is 12.1 Å². The number of anilines is 2. The van der Waals surface area contributed by atoms with E-state index in [-0.39, 0.29) is 0 Å². The Balaban J connectivity index is 1.67. The molecule has 1 aromatic carbocycles. The van der Waals surface area contributed by atoms with E-state index in [1.165, 1.54) is 0 Å². The van der Waals surface area contributed by atoms with Gasteiger partial charge in [0.1, 0.15) is 12.0 Å². The second kappa shape index (κ2) is 6.55. The molecule has 0 radical (unpaired) electrons. The molecular weight excluding hydrogens is 329 g/mol. The summed E-state index contributed by atoms with van der Waals surface area (Å²) in [6, 6.07) is 13.0. The van der Waals surface area contributed by atoms with Crippen LogP contribution < -0.4 is 10.6 Å². The Morgan fingerprint density at radius 3 is 2.69 bits per heavy atom. The Morgan fingerprint density at radius 2 is 1.96 bits per heavy atom. The van der Waals surface area contributed by atoms with Gasteiger partial charge in [0.15, 0.2) is 0 Å². The molecule has 26 heavy (non-hydrogen) atoms. The van der Waals surface area contributed by atoms with E-state index < -0.39 is 6.17 Å². The van der Waals surface area contributed by atoms with E-state index >= 15 is 0 Å². The molecule has 0 atom stereocenters. The smallest absolute Gasteiger partial charge is 0.135 e. The topological polar surface area (TPSA) is 78.9 Å². The maximum absolute atomic E-state index is 13.1. The number of pyridine rings is 2. The highest BCUT2D eigenvalue weighted by molar-refractivity contribution is 6.14. The zero-order chi connectivity index (χ0) is 18.1. The summed E-state index contributed by atoms with van der Waals surface area (Å²) in [4.78, 5) is 10.3. The van der Waals surface area contributed by atoms with Crippen molar-refractivity contribution in [1.29, 1.82) is 5.41 Å². The predicted octanol–water partition coefficient (Wildman–Crippen LogP) is 3.30. The molecule has 4 rings (SSSR count). The van der Waals surface area contributed by atoms with Crippen molar-refractivity contribution in [2.45, 2.75) is 6.17 Å². The highest BCUT2D eigenvalue weighted by Gasteiger charge is 2.27. The van der Waals surface area contributed by atoms with Crippen LogP contribution in [0.3, 0.4) is 0 Å². The lowest BCUT2D eigenvalue weighted by molar-refractivity contribution is 0.273. The summed E-state index contributed by atoms with van der Waals surface area (Å²) in [6.07, 6.45) is 4.35. The van der Waals surface area contributed by atoms with Crippen molar-refractivity contribution in [2.24, 2.45) is 0 Å². The minimum Gasteiger partial charge on any atom is -0.398 e. The van der Waals surface area contributed by atoms with Crippen LogP contribution in [-0.4, -0.2) is 34.9 Å². The Hall–Kier alpha value is -3.28. The second-order valence-corrected chi connectivity index (χ2v) is 6.32. The van der Waals surface area contributed by atoms with Gasteiger partial charge in [-0.05, 0) is 35.9 Å². The lowest BCUT2D eigenvalue weighted by Crippen LogP contribution is -2.48. The molecule has 0 aliphatic carbocycles. The van der Waals surface area contributed by atoms with Crippen LogP contribution in [0.25, 0.3) is 11.1 Å². The van der Waals surface area contributed by atoms with Crippen LogP contribution in [0.5, 0.6) is 0 Å². The fourth-order valence-electron chi connectivity index (χ4n) is 3.00. The highest BCUT2D eigenvalue weighted by atomic mass is 19.1. The molecule has 1 aliphatic heterocycles. The minimum atomic E-state index is -0.799. The maximum Gasteiger partial charge on any atom is 0.135 e. The van der Waals surface area contributed by atoms with Crippen LogP contribution in [0.1, 0.15) is 11.1 Å². The second-order valence-electron chi connectivity index (χ2n) is 6.32. The van der Waals surface area contributed by atoms with Gasteiger partial charge in [-0.25, -0.2) is 9.37 Å². The van der Waals surface area contributed by atoms with Crippen LogP contribution >= 0.6 is 0 Å². The molecule has 0 spiro atoms. The third-order valence-electron chi connectivity index (χ3n) is 4.51. The van der Waals surface area contributed by atoms with Crippen LogP contribution in [0.15, 0.2) is 61.1 Å². The fraction of sp³-hybridized carbons (Fsp3) is 0.150. The largest absolute Gasteiger partial charge is 0.398 e. The molecular formula is C20H18FN5. The van der Waals surface area contributed by atoms with Crippen molar-refractivity contribution >= 4 is 17.2 Å². The van der Waals surface area contributed by atoms with Gasteiger partial charge in [-0.15, -0.1) is 0 Å². The Kier molecular flexibility index (Phi) is 4.08. The molecule has 5 nitrogen and oxygen atoms in total. The molecule has 0 unspecified atom stereocenters. The van der Waals surface area contributed by atoms with Crippen LogP contribution in [0.2, 0.25) is 0 Å². The standard InChI is InChI=1S/C20H18FN5/c21-16-11-26(12-16)19-9-14(5-7-25-19)20(23)17-8-13(3-4-18(17)22)15-2-1-6-24-10-15/h1-10,16,23H,11-12,22H2. The molecule has 1 aliphatic rings. The summed E-state index contributed by atoms with van der Waals surface area (Å²) < 4.78 is 13.1. The number of nitrogens with zero attached hydrogens (tertiary/aromatic N) is 3. The number of hydrogen-bond acceptors (Lipinski definition) is 5. The van der Waals surface area contributed by atoms with E-state index in [1.54, 1.807) is 30.7 Å². The zero-order valence-electron chi connectivity index (χ0n) is 14.1. The number of halogens is 1. The van der Waals surface area contributed by atoms with Crippen LogP contribution in [0.4, 0.5) is 15.9 Å². The van der Waals surface area contributed by atoms with E-state index in [4.69, 9.17) is 11.1 Å². The summed E-state index contributed by atoms with van der Waals surface area (Å²) in [7, 11) is 0. The lowest BCUT2D eigenvalue weighted by atomic mass is 9.97. The third-order valence-corrected chi connectivity index (χ3v) is 4.51. The number of nitrogen functional groups attached to an aromatic ring is 1. The molecule has 0 bridgehead atoms. The van der Waals surface area contributed by atoms with Crippen molar-refractivity contribution in [1.82, 2.24) is 9.97 Å². The van der Waals surface area contributed by atoms with Gasteiger partial charge in [-0.3, -0.25) is 10.4 Å². The molecule has 3 N–H and O–H groups in total. The van der Waals surface area contributed by atoms with Crippen LogP contribution in [0, 0.1) is 5.41 Å². The molecule has 130 valence electrons. The number of nitrogens with one attached hydrogen (secondary N) is 1. The lowest BCUT2D eigenvalue weighted by Gasteiger charge is -2.35. The first-order valence-electron chi connectivity index (χ1n) is 8.36. The van der Waals surface area contributed by atoms with Crippen molar-refractivity contribution < 1.29 is 4.39 Å². The van der Waals surface area contributed by atoms with Crippen molar-refractivity contribution in [3.05, 3.63) is 72.2 Å². The summed E-state index contributed by atoms with van der Waals surface area (Å²) in [6.45, 7) is 0.699.